The number of fused-ring (bicyclic) bond motifs is 2. The summed E-state index contributed by atoms with van der Waals surface area (Å²) in [6, 6.07) is 25.6. The summed E-state index contributed by atoms with van der Waals surface area (Å²) >= 11 is 0. The summed E-state index contributed by atoms with van der Waals surface area (Å²) in [5.74, 6) is 1.03. The van der Waals surface area contributed by atoms with Crippen LogP contribution in [0, 0.1) is 12.8 Å². The van der Waals surface area contributed by atoms with Gasteiger partial charge >= 0.3 is 0 Å². The van der Waals surface area contributed by atoms with E-state index >= 15 is 0 Å². The third kappa shape index (κ3) is 4.58. The number of hydrogen-bond acceptors (Lipinski definition) is 5. The number of H-pyrrole nitrogens is 1. The maximum Gasteiger partial charge on any atom is 0.274 e. The SMILES string of the molecule is Cc1cccc(C(c2[nH]nc3cccc(NC(=O)c4cnc5cc(OCc6ccccc6)ccn45)c23)C2CC2)n1. The van der Waals surface area contributed by atoms with Crippen LogP contribution in [0.15, 0.2) is 91.3 Å². The molecule has 4 aromatic heterocycles. The van der Waals surface area contributed by atoms with Crippen molar-refractivity contribution in [1.29, 1.82) is 0 Å². The van der Waals surface area contributed by atoms with Crippen LogP contribution in [0.2, 0.25) is 0 Å². The number of anilines is 1. The van der Waals surface area contributed by atoms with Gasteiger partial charge in [0.25, 0.3) is 5.91 Å². The van der Waals surface area contributed by atoms with Gasteiger partial charge in [0.15, 0.2) is 0 Å². The summed E-state index contributed by atoms with van der Waals surface area (Å²) in [5.41, 5.74) is 6.68. The molecule has 198 valence electrons. The number of nitrogens with zero attached hydrogens (tertiary/aromatic N) is 4. The predicted molar refractivity (Wildman–Crippen MR) is 154 cm³/mol. The van der Waals surface area contributed by atoms with Crippen molar-refractivity contribution < 1.29 is 9.53 Å². The molecule has 0 aliphatic heterocycles. The molecule has 4 heterocycles. The molecule has 1 fully saturated rings. The molecule has 1 amide bonds. The third-order valence-corrected chi connectivity index (χ3v) is 7.46. The van der Waals surface area contributed by atoms with E-state index in [1.165, 1.54) is 0 Å². The first kappa shape index (κ1) is 24.1. The van der Waals surface area contributed by atoms with Crippen LogP contribution >= 0.6 is 0 Å². The number of aryl methyl sites for hydroxylation is 1. The average Bonchev–Trinajstić information content (AvgIpc) is 3.56. The van der Waals surface area contributed by atoms with Gasteiger partial charge < -0.3 is 10.1 Å². The van der Waals surface area contributed by atoms with Crippen LogP contribution in [0.3, 0.4) is 0 Å². The largest absolute Gasteiger partial charge is 0.489 e. The number of ether oxygens (including phenoxy) is 1. The maximum absolute atomic E-state index is 13.5. The number of benzene rings is 2. The van der Waals surface area contributed by atoms with Gasteiger partial charge in [-0.15, -0.1) is 0 Å². The summed E-state index contributed by atoms with van der Waals surface area (Å²) in [4.78, 5) is 22.9. The van der Waals surface area contributed by atoms with E-state index in [2.05, 4.69) is 32.6 Å². The lowest BCUT2D eigenvalue weighted by Crippen LogP contribution is -2.15. The predicted octanol–water partition coefficient (Wildman–Crippen LogP) is 6.29. The molecular weight excluding hydrogens is 500 g/mol. The molecule has 40 heavy (non-hydrogen) atoms. The van der Waals surface area contributed by atoms with Crippen LogP contribution in [-0.2, 0) is 6.61 Å². The molecule has 1 saturated carbocycles. The molecular formula is C32H28N6O2. The van der Waals surface area contributed by atoms with Gasteiger partial charge in [-0.1, -0.05) is 42.5 Å². The Morgan fingerprint density at radius 3 is 2.75 bits per heavy atom. The Labute approximate surface area is 231 Å². The zero-order valence-corrected chi connectivity index (χ0v) is 22.0. The molecule has 2 aromatic carbocycles. The highest BCUT2D eigenvalue weighted by molar-refractivity contribution is 6.09. The fraction of sp³-hybridized carbons (Fsp3) is 0.188. The van der Waals surface area contributed by atoms with E-state index in [-0.39, 0.29) is 11.8 Å². The highest BCUT2D eigenvalue weighted by Crippen LogP contribution is 2.47. The normalized spacial score (nSPS) is 13.9. The molecule has 1 atom stereocenters. The standard InChI is InChI=1S/C32H28N6O2/c1-20-7-5-10-24(34-20)29(22-13-14-22)31-30-25(11-6-12-26(30)36-37-31)35-32(39)27-18-33-28-17-23(15-16-38(27)28)40-19-21-8-3-2-4-9-21/h2-12,15-18,22,29H,13-14,19H2,1H3,(H,35,39)(H,36,37). The molecule has 0 saturated heterocycles. The topological polar surface area (TPSA) is 97.2 Å². The van der Waals surface area contributed by atoms with E-state index in [4.69, 9.17) is 9.72 Å². The van der Waals surface area contributed by atoms with Gasteiger partial charge in [0, 0.05) is 35.0 Å². The fourth-order valence-electron chi connectivity index (χ4n) is 5.36. The van der Waals surface area contributed by atoms with Gasteiger partial charge in [-0.2, -0.15) is 5.10 Å². The molecule has 0 spiro atoms. The van der Waals surface area contributed by atoms with Crippen molar-refractivity contribution in [2.24, 2.45) is 5.92 Å². The summed E-state index contributed by atoms with van der Waals surface area (Å²) < 4.78 is 7.71. The van der Waals surface area contributed by atoms with Crippen LogP contribution in [0.25, 0.3) is 16.6 Å². The first-order chi connectivity index (χ1) is 19.6. The molecule has 0 radical (unpaired) electrons. The molecule has 1 aliphatic carbocycles. The van der Waals surface area contributed by atoms with Gasteiger partial charge in [-0.3, -0.25) is 19.3 Å². The molecule has 6 aromatic rings. The number of carbonyl (C=O) groups is 1. The Balaban J connectivity index is 1.17. The van der Waals surface area contributed by atoms with Crippen LogP contribution < -0.4 is 10.1 Å². The van der Waals surface area contributed by atoms with Gasteiger partial charge in [-0.05, 0) is 61.6 Å². The fourth-order valence-corrected chi connectivity index (χ4v) is 5.36. The number of amides is 1. The number of carbonyl (C=O) groups excluding carboxylic acids is 1. The number of imidazole rings is 1. The Morgan fingerprint density at radius 1 is 1.07 bits per heavy atom. The highest BCUT2D eigenvalue weighted by atomic mass is 16.5. The first-order valence-corrected chi connectivity index (χ1v) is 13.5. The number of aromatic nitrogens is 5. The Morgan fingerprint density at radius 2 is 1.93 bits per heavy atom. The number of aromatic amines is 1. The van der Waals surface area contributed by atoms with E-state index in [9.17, 15) is 4.79 Å². The van der Waals surface area contributed by atoms with Crippen LogP contribution in [0.5, 0.6) is 5.75 Å². The van der Waals surface area contributed by atoms with Crippen LogP contribution in [0.4, 0.5) is 5.69 Å². The molecule has 2 N–H and O–H groups in total. The van der Waals surface area contributed by atoms with Crippen molar-refractivity contribution >= 4 is 28.1 Å². The second-order valence-corrected chi connectivity index (χ2v) is 10.3. The van der Waals surface area contributed by atoms with Crippen molar-refractivity contribution in [3.05, 3.63) is 120 Å². The Hall–Kier alpha value is -4.98. The molecule has 0 bridgehead atoms. The summed E-state index contributed by atoms with van der Waals surface area (Å²) in [7, 11) is 0. The van der Waals surface area contributed by atoms with Crippen molar-refractivity contribution in [3.8, 4) is 5.75 Å². The number of nitrogens with one attached hydrogen (secondary N) is 2. The monoisotopic (exact) mass is 528 g/mol. The molecule has 8 heteroatoms. The van der Waals surface area contributed by atoms with E-state index in [1.807, 2.05) is 79.9 Å². The number of pyridine rings is 2. The summed E-state index contributed by atoms with van der Waals surface area (Å²) in [6.07, 6.45) is 5.70. The zero-order valence-electron chi connectivity index (χ0n) is 22.0. The van der Waals surface area contributed by atoms with Gasteiger partial charge in [-0.25, -0.2) is 4.98 Å². The average molecular weight is 529 g/mol. The van der Waals surface area contributed by atoms with E-state index in [0.29, 0.717) is 35.3 Å². The molecule has 1 unspecified atom stereocenters. The molecule has 1 aliphatic rings. The second kappa shape index (κ2) is 9.96. The zero-order chi connectivity index (χ0) is 27.1. The van der Waals surface area contributed by atoms with Crippen molar-refractivity contribution in [2.75, 3.05) is 5.32 Å². The second-order valence-electron chi connectivity index (χ2n) is 10.3. The van der Waals surface area contributed by atoms with Crippen LogP contribution in [-0.4, -0.2) is 30.5 Å². The summed E-state index contributed by atoms with van der Waals surface area (Å²) in [6.45, 7) is 2.47. The van der Waals surface area contributed by atoms with Crippen LogP contribution in [0.1, 0.15) is 51.9 Å². The lowest BCUT2D eigenvalue weighted by Gasteiger charge is -2.17. The quantitative estimate of drug-likeness (QED) is 0.242. The maximum atomic E-state index is 13.5. The first-order valence-electron chi connectivity index (χ1n) is 13.5. The van der Waals surface area contributed by atoms with Crippen molar-refractivity contribution in [3.63, 3.8) is 0 Å². The smallest absolute Gasteiger partial charge is 0.274 e. The molecule has 8 nitrogen and oxygen atoms in total. The van der Waals surface area contributed by atoms with Crippen molar-refractivity contribution in [2.45, 2.75) is 32.3 Å². The van der Waals surface area contributed by atoms with Gasteiger partial charge in [0.05, 0.1) is 23.1 Å². The van der Waals surface area contributed by atoms with Gasteiger partial charge in [0.1, 0.15) is 23.7 Å². The minimum absolute atomic E-state index is 0.0908. The lowest BCUT2D eigenvalue weighted by molar-refractivity contribution is 0.102. The highest BCUT2D eigenvalue weighted by Gasteiger charge is 2.37. The lowest BCUT2D eigenvalue weighted by atomic mass is 9.92. The third-order valence-electron chi connectivity index (χ3n) is 7.46. The molecule has 7 rings (SSSR count). The van der Waals surface area contributed by atoms with Gasteiger partial charge in [0.2, 0.25) is 0 Å². The Kier molecular flexibility index (Phi) is 6.00. The summed E-state index contributed by atoms with van der Waals surface area (Å²) in [5, 5.41) is 11.9. The van der Waals surface area contributed by atoms with E-state index in [0.717, 1.165) is 46.4 Å². The minimum Gasteiger partial charge on any atom is -0.489 e. The van der Waals surface area contributed by atoms with E-state index in [1.54, 1.807) is 10.6 Å². The number of rotatable bonds is 8. The Bertz CT molecular complexity index is 1840. The van der Waals surface area contributed by atoms with E-state index < -0.39 is 0 Å². The number of hydrogen-bond donors (Lipinski definition) is 2. The minimum atomic E-state index is -0.248. The van der Waals surface area contributed by atoms with Crippen molar-refractivity contribution in [1.82, 2.24) is 24.6 Å².